The van der Waals surface area contributed by atoms with Gasteiger partial charge in [0.25, 0.3) is 0 Å². The second-order valence-electron chi connectivity index (χ2n) is 21.4. The maximum Gasteiger partial charge on any atom is 0.305 e. The molecule has 0 bridgehead atoms. The number of aliphatic hydroxyl groups is 2. The molecule has 0 aliphatic rings. The molecule has 0 radical (unpaired) electrons. The number of carbonyl (C=O) groups is 2. The van der Waals surface area contributed by atoms with Crippen molar-refractivity contribution < 1.29 is 24.5 Å². The summed E-state index contributed by atoms with van der Waals surface area (Å²) in [5.41, 5.74) is 0. The van der Waals surface area contributed by atoms with Crippen LogP contribution in [0.2, 0.25) is 0 Å². The average molecular weight is 973 g/mol. The lowest BCUT2D eigenvalue weighted by Gasteiger charge is -2.22. The van der Waals surface area contributed by atoms with Gasteiger partial charge in [0.05, 0.1) is 25.4 Å². The molecule has 0 saturated heterocycles. The molecule has 0 saturated carbocycles. The van der Waals surface area contributed by atoms with Crippen molar-refractivity contribution in [3.63, 3.8) is 0 Å². The van der Waals surface area contributed by atoms with Gasteiger partial charge in [0.2, 0.25) is 5.91 Å². The first-order valence-corrected chi connectivity index (χ1v) is 31.1. The Labute approximate surface area is 431 Å². The molecule has 6 nitrogen and oxygen atoms in total. The minimum absolute atomic E-state index is 0.00602. The number of nitrogens with one attached hydrogen (secondary N) is 1. The predicted octanol–water partition coefficient (Wildman–Crippen LogP) is 19.4. The van der Waals surface area contributed by atoms with Crippen molar-refractivity contribution in [2.45, 2.75) is 353 Å². The summed E-state index contributed by atoms with van der Waals surface area (Å²) < 4.78 is 5.47. The van der Waals surface area contributed by atoms with E-state index in [2.05, 4.69) is 43.5 Å². The molecule has 2 unspecified atom stereocenters. The lowest BCUT2D eigenvalue weighted by atomic mass is 10.0. The van der Waals surface area contributed by atoms with Crippen LogP contribution in [0, 0.1) is 0 Å². The van der Waals surface area contributed by atoms with E-state index in [-0.39, 0.29) is 18.5 Å². The molecule has 0 rings (SSSR count). The van der Waals surface area contributed by atoms with Gasteiger partial charge in [0.15, 0.2) is 0 Å². The van der Waals surface area contributed by atoms with Gasteiger partial charge in [-0.3, -0.25) is 9.59 Å². The Bertz CT molecular complexity index is 1080. The van der Waals surface area contributed by atoms with Gasteiger partial charge >= 0.3 is 5.97 Å². The lowest BCUT2D eigenvalue weighted by Crippen LogP contribution is -2.45. The normalized spacial score (nSPS) is 12.7. The van der Waals surface area contributed by atoms with E-state index >= 15 is 0 Å². The van der Waals surface area contributed by atoms with Gasteiger partial charge in [0.1, 0.15) is 0 Å². The van der Waals surface area contributed by atoms with Crippen molar-refractivity contribution in [1.29, 1.82) is 0 Å². The number of rotatable bonds is 58. The topological polar surface area (TPSA) is 95.9 Å². The molecule has 0 aromatic carbocycles. The van der Waals surface area contributed by atoms with Gasteiger partial charge in [-0.1, -0.05) is 295 Å². The van der Waals surface area contributed by atoms with Crippen LogP contribution in [-0.2, 0) is 14.3 Å². The van der Waals surface area contributed by atoms with Crippen LogP contribution in [0.25, 0.3) is 0 Å². The molecule has 0 aromatic rings. The second-order valence-corrected chi connectivity index (χ2v) is 21.4. The van der Waals surface area contributed by atoms with Crippen LogP contribution in [-0.4, -0.2) is 47.4 Å². The number of esters is 1. The van der Waals surface area contributed by atoms with Crippen LogP contribution < -0.4 is 5.32 Å². The van der Waals surface area contributed by atoms with E-state index in [0.717, 1.165) is 51.4 Å². The van der Waals surface area contributed by atoms with Gasteiger partial charge in [0, 0.05) is 12.8 Å². The van der Waals surface area contributed by atoms with Gasteiger partial charge < -0.3 is 20.3 Å². The molecule has 0 aliphatic heterocycles. The molecule has 0 aliphatic carbocycles. The zero-order valence-electron chi connectivity index (χ0n) is 46.6. The Kier molecular flexibility index (Phi) is 57.5. The van der Waals surface area contributed by atoms with Gasteiger partial charge in [-0.25, -0.2) is 0 Å². The van der Waals surface area contributed by atoms with Crippen LogP contribution in [0.1, 0.15) is 341 Å². The zero-order chi connectivity index (χ0) is 50.0. The Morgan fingerprint density at radius 3 is 1.13 bits per heavy atom. The monoisotopic (exact) mass is 972 g/mol. The Hall–Kier alpha value is -1.66. The third-order valence-electron chi connectivity index (χ3n) is 14.5. The zero-order valence-corrected chi connectivity index (χ0v) is 46.6. The molecule has 1 amide bonds. The first-order chi connectivity index (χ1) is 34.0. The van der Waals surface area contributed by atoms with E-state index in [9.17, 15) is 19.8 Å². The minimum atomic E-state index is -0.668. The maximum atomic E-state index is 12.5. The van der Waals surface area contributed by atoms with Crippen LogP contribution in [0.4, 0.5) is 0 Å². The molecule has 0 aromatic heterocycles. The van der Waals surface area contributed by atoms with Crippen molar-refractivity contribution in [3.05, 3.63) is 24.3 Å². The fraction of sp³-hybridized carbons (Fsp3) is 0.905. The largest absolute Gasteiger partial charge is 0.466 e. The Morgan fingerprint density at radius 2 is 0.725 bits per heavy atom. The van der Waals surface area contributed by atoms with Crippen molar-refractivity contribution in [2.75, 3.05) is 13.2 Å². The highest BCUT2D eigenvalue weighted by Crippen LogP contribution is 2.18. The first-order valence-electron chi connectivity index (χ1n) is 31.1. The summed E-state index contributed by atoms with van der Waals surface area (Å²) in [5, 5.41) is 23.4. The molecular weight excluding hydrogens is 851 g/mol. The predicted molar refractivity (Wildman–Crippen MR) is 301 cm³/mol. The van der Waals surface area contributed by atoms with Crippen molar-refractivity contribution >= 4 is 11.9 Å². The smallest absolute Gasteiger partial charge is 0.305 e. The van der Waals surface area contributed by atoms with E-state index in [1.165, 1.54) is 257 Å². The molecule has 0 heterocycles. The van der Waals surface area contributed by atoms with Crippen LogP contribution in [0.15, 0.2) is 24.3 Å². The van der Waals surface area contributed by atoms with Crippen LogP contribution in [0.3, 0.4) is 0 Å². The number of aliphatic hydroxyl groups excluding tert-OH is 2. The van der Waals surface area contributed by atoms with Gasteiger partial charge in [-0.2, -0.15) is 0 Å². The summed E-state index contributed by atoms with van der Waals surface area (Å²) in [5.74, 6) is -0.0423. The molecule has 3 N–H and O–H groups in total. The number of hydrogen-bond acceptors (Lipinski definition) is 5. The molecule has 6 heteroatoms. The molecule has 0 spiro atoms. The standard InChI is InChI=1S/C63H121NO5/c1-3-5-7-9-11-13-15-17-19-20-21-24-28-31-35-39-43-47-51-55-61(66)60(59-65)64-62(67)56-52-48-44-40-36-32-29-25-22-23-26-30-34-38-42-46-50-54-58-69-63(68)57-53-49-45-41-37-33-27-18-16-14-12-10-8-6-4-2/h12,14,18,27,60-61,65-66H,3-11,13,15-17,19-26,28-59H2,1-2H3,(H,64,67)/b14-12-,27-18-. The number of ether oxygens (including phenoxy) is 1. The summed E-state index contributed by atoms with van der Waals surface area (Å²) in [6.45, 7) is 4.94. The maximum absolute atomic E-state index is 12.5. The molecule has 69 heavy (non-hydrogen) atoms. The summed E-state index contributed by atoms with van der Waals surface area (Å²) in [7, 11) is 0. The second kappa shape index (κ2) is 58.9. The van der Waals surface area contributed by atoms with Crippen molar-refractivity contribution in [1.82, 2.24) is 5.32 Å². The summed E-state index contributed by atoms with van der Waals surface area (Å²) in [4.78, 5) is 24.6. The number of hydrogen-bond donors (Lipinski definition) is 3. The lowest BCUT2D eigenvalue weighted by molar-refractivity contribution is -0.143. The average Bonchev–Trinajstić information content (AvgIpc) is 3.35. The Balaban J connectivity index is 3.41. The first kappa shape index (κ1) is 67.3. The van der Waals surface area contributed by atoms with Gasteiger partial charge in [-0.15, -0.1) is 0 Å². The fourth-order valence-corrected chi connectivity index (χ4v) is 9.73. The number of allylic oxidation sites excluding steroid dienone is 4. The summed E-state index contributed by atoms with van der Waals surface area (Å²) in [6.07, 6.45) is 71.8. The molecule has 2 atom stereocenters. The van der Waals surface area contributed by atoms with Crippen LogP contribution >= 0.6 is 0 Å². The van der Waals surface area contributed by atoms with E-state index in [0.29, 0.717) is 25.9 Å². The summed E-state index contributed by atoms with van der Waals surface area (Å²) >= 11 is 0. The highest BCUT2D eigenvalue weighted by Gasteiger charge is 2.20. The van der Waals surface area contributed by atoms with E-state index < -0.39 is 12.1 Å². The highest BCUT2D eigenvalue weighted by atomic mass is 16.5. The quantitative estimate of drug-likeness (QED) is 0.0321. The SMILES string of the molecule is CCCCC/C=C\C/C=C\CCCCCCCC(=O)OCCCCCCCCCCCCCCCCCCCCC(=O)NC(CO)C(O)CCCCCCCCCCCCCCCCCCCCC. The number of amides is 1. The third kappa shape index (κ3) is 55.5. The van der Waals surface area contributed by atoms with E-state index in [1.54, 1.807) is 0 Å². The van der Waals surface area contributed by atoms with Gasteiger partial charge in [-0.05, 0) is 57.8 Å². The molecular formula is C63H121NO5. The van der Waals surface area contributed by atoms with E-state index in [4.69, 9.17) is 4.74 Å². The van der Waals surface area contributed by atoms with E-state index in [1.807, 2.05) is 0 Å². The highest BCUT2D eigenvalue weighted by molar-refractivity contribution is 5.76. The fourth-order valence-electron chi connectivity index (χ4n) is 9.73. The molecule has 408 valence electrons. The minimum Gasteiger partial charge on any atom is -0.466 e. The number of carbonyl (C=O) groups excluding carboxylic acids is 2. The van der Waals surface area contributed by atoms with Crippen molar-refractivity contribution in [3.8, 4) is 0 Å². The molecule has 0 fully saturated rings. The summed E-state index contributed by atoms with van der Waals surface area (Å²) in [6, 6.07) is -0.545. The van der Waals surface area contributed by atoms with Crippen LogP contribution in [0.5, 0.6) is 0 Å². The third-order valence-corrected chi connectivity index (χ3v) is 14.5. The van der Waals surface area contributed by atoms with Crippen molar-refractivity contribution in [2.24, 2.45) is 0 Å². The number of unbranched alkanes of at least 4 members (excludes halogenated alkanes) is 43. The Morgan fingerprint density at radius 1 is 0.406 bits per heavy atom.